The van der Waals surface area contributed by atoms with Crippen LogP contribution in [0.25, 0.3) is 0 Å². The maximum absolute atomic E-state index is 10.7. The second kappa shape index (κ2) is 6.81. The maximum Gasteiger partial charge on any atom is 0.320 e. The van der Waals surface area contributed by atoms with Gasteiger partial charge in [0, 0.05) is 5.56 Å². The van der Waals surface area contributed by atoms with Crippen molar-refractivity contribution in [2.45, 2.75) is 18.9 Å². The predicted octanol–water partition coefficient (Wildman–Crippen LogP) is 2.04. The van der Waals surface area contributed by atoms with Crippen molar-refractivity contribution in [2.75, 3.05) is 0 Å². The molecule has 108 valence electrons. The fourth-order valence-electron chi connectivity index (χ4n) is 2.08. The molecule has 21 heavy (non-hydrogen) atoms. The normalized spacial score (nSPS) is 11.9. The number of carbonyl (C=O) groups is 2. The molecule has 0 saturated carbocycles. The lowest BCUT2D eigenvalue weighted by Crippen LogP contribution is -2.32. The summed E-state index contributed by atoms with van der Waals surface area (Å²) in [5.41, 5.74) is 9.33. The molecular weight excluding hydrogens is 266 g/mol. The summed E-state index contributed by atoms with van der Waals surface area (Å²) in [7, 11) is 0. The van der Waals surface area contributed by atoms with Gasteiger partial charge in [-0.2, -0.15) is 0 Å². The van der Waals surface area contributed by atoms with Crippen molar-refractivity contribution in [2.24, 2.45) is 5.73 Å². The minimum Gasteiger partial charge on any atom is -0.480 e. The Labute approximate surface area is 123 Å². The average molecular weight is 283 g/mol. The van der Waals surface area contributed by atoms with Crippen LogP contribution in [0.5, 0.6) is 0 Å². The average Bonchev–Trinajstić information content (AvgIpc) is 2.50. The quantitative estimate of drug-likeness (QED) is 0.795. The van der Waals surface area contributed by atoms with Crippen molar-refractivity contribution in [3.8, 4) is 0 Å². The van der Waals surface area contributed by atoms with Crippen molar-refractivity contribution >= 4 is 12.3 Å². The summed E-state index contributed by atoms with van der Waals surface area (Å²) in [5.74, 6) is -0.991. The summed E-state index contributed by atoms with van der Waals surface area (Å²) in [6.45, 7) is 0. The number of hydrogen-bond donors (Lipinski definition) is 2. The first-order valence-electron chi connectivity index (χ1n) is 6.69. The van der Waals surface area contributed by atoms with Crippen LogP contribution in [0.1, 0.15) is 27.0 Å². The Morgan fingerprint density at radius 2 is 1.48 bits per heavy atom. The van der Waals surface area contributed by atoms with Crippen molar-refractivity contribution in [3.05, 3.63) is 70.8 Å². The van der Waals surface area contributed by atoms with Crippen molar-refractivity contribution < 1.29 is 14.7 Å². The molecule has 4 nitrogen and oxygen atoms in total. The van der Waals surface area contributed by atoms with E-state index >= 15 is 0 Å². The molecule has 0 aliphatic carbocycles. The summed E-state index contributed by atoms with van der Waals surface area (Å²) in [6, 6.07) is 14.3. The van der Waals surface area contributed by atoms with E-state index in [0.717, 1.165) is 29.4 Å². The first-order valence-corrected chi connectivity index (χ1v) is 6.69. The molecule has 2 aromatic rings. The summed E-state index contributed by atoms with van der Waals surface area (Å²) < 4.78 is 0. The van der Waals surface area contributed by atoms with Gasteiger partial charge < -0.3 is 10.8 Å². The Hall–Kier alpha value is -2.46. The van der Waals surface area contributed by atoms with Crippen LogP contribution in [0, 0.1) is 0 Å². The number of rotatable bonds is 6. The van der Waals surface area contributed by atoms with Crippen LogP contribution in [0.4, 0.5) is 0 Å². The van der Waals surface area contributed by atoms with Crippen molar-refractivity contribution in [3.63, 3.8) is 0 Å². The number of aliphatic carboxylic acids is 1. The summed E-state index contributed by atoms with van der Waals surface area (Å²) >= 11 is 0. The first-order chi connectivity index (χ1) is 10.1. The van der Waals surface area contributed by atoms with Crippen LogP contribution in [-0.2, 0) is 17.6 Å². The third kappa shape index (κ3) is 4.26. The number of carboxylic acid groups (broad SMARTS) is 1. The third-order valence-electron chi connectivity index (χ3n) is 3.32. The van der Waals surface area contributed by atoms with E-state index in [-0.39, 0.29) is 0 Å². The number of hydrogen-bond acceptors (Lipinski definition) is 3. The van der Waals surface area contributed by atoms with Gasteiger partial charge in [-0.3, -0.25) is 9.59 Å². The smallest absolute Gasteiger partial charge is 0.320 e. The molecule has 0 amide bonds. The van der Waals surface area contributed by atoms with Crippen LogP contribution < -0.4 is 5.73 Å². The first kappa shape index (κ1) is 14.9. The molecule has 2 rings (SSSR count). The zero-order valence-corrected chi connectivity index (χ0v) is 11.5. The topological polar surface area (TPSA) is 80.4 Å². The molecular formula is C17H17NO3. The zero-order chi connectivity index (χ0) is 15.2. The van der Waals surface area contributed by atoms with E-state index in [0.29, 0.717) is 12.0 Å². The minimum atomic E-state index is -0.991. The molecule has 0 aromatic heterocycles. The monoisotopic (exact) mass is 283 g/mol. The van der Waals surface area contributed by atoms with Gasteiger partial charge in [-0.05, 0) is 29.5 Å². The number of benzene rings is 2. The molecule has 0 radical (unpaired) electrons. The highest BCUT2D eigenvalue weighted by Gasteiger charge is 2.11. The Bertz CT molecular complexity index is 617. The molecule has 0 spiro atoms. The van der Waals surface area contributed by atoms with Crippen LogP contribution >= 0.6 is 0 Å². The van der Waals surface area contributed by atoms with Gasteiger partial charge in [-0.25, -0.2) is 0 Å². The molecule has 0 heterocycles. The summed E-state index contributed by atoms with van der Waals surface area (Å²) in [4.78, 5) is 21.3. The van der Waals surface area contributed by atoms with Gasteiger partial charge in [-0.1, -0.05) is 48.5 Å². The summed E-state index contributed by atoms with van der Waals surface area (Å²) in [6.07, 6.45) is 1.91. The fraction of sp³-hybridized carbons (Fsp3) is 0.176. The standard InChI is InChI=1S/C17H17NO3/c18-16(17(20)21)10-14-3-1-12(2-4-14)9-13-5-7-15(11-19)8-6-13/h1-8,11,16H,9-10,18H2,(H,20,21)/t16-/m1/s1. The van der Waals surface area contributed by atoms with Gasteiger partial charge in [0.05, 0.1) is 0 Å². The number of carbonyl (C=O) groups excluding carboxylic acids is 1. The SMILES string of the molecule is N[C@H](Cc1ccc(Cc2ccc(C=O)cc2)cc1)C(=O)O. The van der Waals surface area contributed by atoms with Crippen LogP contribution in [0.15, 0.2) is 48.5 Å². The highest BCUT2D eigenvalue weighted by atomic mass is 16.4. The van der Waals surface area contributed by atoms with Crippen LogP contribution in [0.3, 0.4) is 0 Å². The molecule has 0 aliphatic heterocycles. The van der Waals surface area contributed by atoms with Gasteiger partial charge in [0.2, 0.25) is 0 Å². The van der Waals surface area contributed by atoms with E-state index in [2.05, 4.69) is 0 Å². The van der Waals surface area contributed by atoms with Gasteiger partial charge in [-0.15, -0.1) is 0 Å². The molecule has 0 saturated heterocycles. The lowest BCUT2D eigenvalue weighted by atomic mass is 10.0. The Morgan fingerprint density at radius 1 is 1.00 bits per heavy atom. The fourth-order valence-corrected chi connectivity index (χ4v) is 2.08. The molecule has 3 N–H and O–H groups in total. The van der Waals surface area contributed by atoms with Gasteiger partial charge >= 0.3 is 5.97 Å². The van der Waals surface area contributed by atoms with E-state index in [1.165, 1.54) is 0 Å². The van der Waals surface area contributed by atoms with Gasteiger partial charge in [0.25, 0.3) is 0 Å². The molecule has 0 bridgehead atoms. The molecule has 0 unspecified atom stereocenters. The van der Waals surface area contributed by atoms with Gasteiger partial charge in [0.15, 0.2) is 0 Å². The third-order valence-corrected chi connectivity index (χ3v) is 3.32. The van der Waals surface area contributed by atoms with Crippen LogP contribution in [0.2, 0.25) is 0 Å². The lowest BCUT2D eigenvalue weighted by molar-refractivity contribution is -0.138. The number of carboxylic acids is 1. The van der Waals surface area contributed by atoms with Gasteiger partial charge in [0.1, 0.15) is 12.3 Å². The predicted molar refractivity (Wildman–Crippen MR) is 80.4 cm³/mol. The Balaban J connectivity index is 2.01. The van der Waals surface area contributed by atoms with E-state index in [9.17, 15) is 9.59 Å². The minimum absolute atomic E-state index is 0.323. The van der Waals surface area contributed by atoms with Crippen molar-refractivity contribution in [1.29, 1.82) is 0 Å². The maximum atomic E-state index is 10.7. The molecule has 2 aromatic carbocycles. The Morgan fingerprint density at radius 3 is 1.95 bits per heavy atom. The van der Waals surface area contributed by atoms with E-state index in [1.54, 1.807) is 12.1 Å². The Kier molecular flexibility index (Phi) is 4.85. The van der Waals surface area contributed by atoms with E-state index < -0.39 is 12.0 Å². The largest absolute Gasteiger partial charge is 0.480 e. The number of aldehydes is 1. The summed E-state index contributed by atoms with van der Waals surface area (Å²) in [5, 5.41) is 8.79. The van der Waals surface area contributed by atoms with Crippen LogP contribution in [-0.4, -0.2) is 23.4 Å². The zero-order valence-electron chi connectivity index (χ0n) is 11.5. The highest BCUT2D eigenvalue weighted by molar-refractivity contribution is 5.74. The van der Waals surface area contributed by atoms with E-state index in [1.807, 2.05) is 36.4 Å². The van der Waals surface area contributed by atoms with E-state index in [4.69, 9.17) is 10.8 Å². The van der Waals surface area contributed by atoms with Crippen molar-refractivity contribution in [1.82, 2.24) is 0 Å². The second-order valence-corrected chi connectivity index (χ2v) is 5.00. The highest BCUT2D eigenvalue weighted by Crippen LogP contribution is 2.12. The second-order valence-electron chi connectivity index (χ2n) is 5.00. The molecule has 0 aliphatic rings. The number of nitrogens with two attached hydrogens (primary N) is 1. The molecule has 0 fully saturated rings. The lowest BCUT2D eigenvalue weighted by Gasteiger charge is -2.08. The molecule has 1 atom stereocenters. The molecule has 4 heteroatoms.